The summed E-state index contributed by atoms with van der Waals surface area (Å²) in [6, 6.07) is 5.00. The number of aromatic nitrogens is 1. The minimum atomic E-state index is -3.66. The summed E-state index contributed by atoms with van der Waals surface area (Å²) in [7, 11) is -2.05. The Morgan fingerprint density at radius 3 is 2.68 bits per heavy atom. The van der Waals surface area contributed by atoms with Gasteiger partial charge in [-0.2, -0.15) is 4.31 Å². The fraction of sp³-hybridized carbons (Fsp3) is 0.429. The van der Waals surface area contributed by atoms with E-state index in [-0.39, 0.29) is 17.3 Å². The van der Waals surface area contributed by atoms with Gasteiger partial charge in [-0.1, -0.05) is 0 Å². The molecule has 0 radical (unpaired) electrons. The van der Waals surface area contributed by atoms with Crippen LogP contribution in [0.3, 0.4) is 0 Å². The number of rotatable bonds is 5. The van der Waals surface area contributed by atoms with Crippen LogP contribution in [-0.2, 0) is 26.1 Å². The summed E-state index contributed by atoms with van der Waals surface area (Å²) in [6.45, 7) is 5.48. The van der Waals surface area contributed by atoms with E-state index in [9.17, 15) is 13.2 Å². The van der Waals surface area contributed by atoms with Crippen LogP contribution in [0.25, 0.3) is 0 Å². The lowest BCUT2D eigenvalue weighted by Crippen LogP contribution is -2.41. The van der Waals surface area contributed by atoms with E-state index in [0.29, 0.717) is 37.7 Å². The molecule has 3 heterocycles. The van der Waals surface area contributed by atoms with Crippen LogP contribution in [0, 0.1) is 13.8 Å². The van der Waals surface area contributed by atoms with Gasteiger partial charge in [-0.3, -0.25) is 9.78 Å². The Balaban J connectivity index is 1.71. The van der Waals surface area contributed by atoms with Crippen LogP contribution in [0.2, 0.25) is 0 Å². The summed E-state index contributed by atoms with van der Waals surface area (Å²) in [5.74, 6) is 0.955. The Morgan fingerprint density at radius 1 is 1.23 bits per heavy atom. The molecule has 31 heavy (non-hydrogen) atoms. The predicted molar refractivity (Wildman–Crippen MR) is 118 cm³/mol. The third-order valence-corrected chi connectivity index (χ3v) is 8.48. The second-order valence-electron chi connectivity index (χ2n) is 7.46. The monoisotopic (exact) mass is 463 g/mol. The fourth-order valence-corrected chi connectivity index (χ4v) is 6.18. The molecule has 0 bridgehead atoms. The lowest BCUT2D eigenvalue weighted by Gasteiger charge is -2.31. The number of hydrogen-bond acceptors (Lipinski definition) is 7. The summed E-state index contributed by atoms with van der Waals surface area (Å²) >= 11 is 1.42. The number of methoxy groups -OCH3 is 1. The molecule has 1 aromatic heterocycles. The molecule has 166 valence electrons. The van der Waals surface area contributed by atoms with Crippen molar-refractivity contribution >= 4 is 33.4 Å². The Hall–Kier alpha value is -2.14. The summed E-state index contributed by atoms with van der Waals surface area (Å²) in [6.07, 6.45) is 1.73. The zero-order valence-corrected chi connectivity index (χ0v) is 19.4. The molecule has 0 saturated carbocycles. The van der Waals surface area contributed by atoms with Gasteiger partial charge in [0, 0.05) is 35.3 Å². The van der Waals surface area contributed by atoms with E-state index >= 15 is 0 Å². The smallest absolute Gasteiger partial charge is 0.243 e. The average molecular weight is 464 g/mol. The number of carbonyl (C=O) groups is 1. The zero-order valence-electron chi connectivity index (χ0n) is 17.8. The maximum Gasteiger partial charge on any atom is 0.243 e. The zero-order chi connectivity index (χ0) is 22.2. The topological polar surface area (TPSA) is 89.0 Å². The molecular weight excluding hydrogens is 438 g/mol. The number of hydrogen-bond donors (Lipinski definition) is 0. The molecule has 0 N–H and O–H groups in total. The summed E-state index contributed by atoms with van der Waals surface area (Å²) in [5, 5.41) is 0. The highest BCUT2D eigenvalue weighted by Crippen LogP contribution is 2.38. The third-order valence-electron chi connectivity index (χ3n) is 5.54. The van der Waals surface area contributed by atoms with E-state index in [1.807, 2.05) is 13.8 Å². The van der Waals surface area contributed by atoms with E-state index < -0.39 is 10.0 Å². The molecule has 0 spiro atoms. The van der Waals surface area contributed by atoms with Crippen LogP contribution < -0.4 is 9.64 Å². The number of sulfonamides is 1. The first-order valence-corrected chi connectivity index (χ1v) is 12.4. The second-order valence-corrected chi connectivity index (χ2v) is 10.4. The lowest BCUT2D eigenvalue weighted by atomic mass is 10.1. The number of nitrogens with zero attached hydrogens (tertiary/aromatic N) is 3. The van der Waals surface area contributed by atoms with Crippen LogP contribution >= 0.6 is 11.8 Å². The third kappa shape index (κ3) is 4.17. The fourth-order valence-electron chi connectivity index (χ4n) is 3.83. The largest absolute Gasteiger partial charge is 0.496 e. The quantitative estimate of drug-likeness (QED) is 0.673. The molecule has 0 aliphatic carbocycles. The number of benzene rings is 1. The van der Waals surface area contributed by atoms with E-state index in [0.717, 1.165) is 27.5 Å². The molecule has 1 amide bonds. The molecule has 2 aliphatic heterocycles. The highest BCUT2D eigenvalue weighted by molar-refractivity contribution is 8.00. The van der Waals surface area contributed by atoms with Crippen molar-refractivity contribution in [2.24, 2.45) is 0 Å². The first-order valence-electron chi connectivity index (χ1n) is 9.97. The number of amides is 1. The lowest BCUT2D eigenvalue weighted by molar-refractivity contribution is -0.116. The van der Waals surface area contributed by atoms with Gasteiger partial charge in [0.1, 0.15) is 5.75 Å². The number of thioether (sulfide) groups is 1. The van der Waals surface area contributed by atoms with Crippen molar-refractivity contribution in [3.8, 4) is 5.75 Å². The number of ether oxygens (including phenoxy) is 2. The van der Waals surface area contributed by atoms with Gasteiger partial charge in [-0.25, -0.2) is 8.42 Å². The molecule has 0 unspecified atom stereocenters. The number of pyridine rings is 1. The van der Waals surface area contributed by atoms with Crippen molar-refractivity contribution in [2.45, 2.75) is 30.2 Å². The molecule has 8 nitrogen and oxygen atoms in total. The van der Waals surface area contributed by atoms with Gasteiger partial charge in [0.25, 0.3) is 0 Å². The molecule has 1 saturated heterocycles. The first-order chi connectivity index (χ1) is 14.8. The number of carbonyl (C=O) groups excluding carboxylic acids is 1. The highest BCUT2D eigenvalue weighted by Gasteiger charge is 2.31. The standard InChI is InChI=1S/C21H25N3O5S2/c1-14-11-22-17(15(2)21(14)28-3)12-24-18-10-16(4-5-19(18)30-13-20(24)25)31(26,27)23-6-8-29-9-7-23/h4-5,10-11H,6-9,12-13H2,1-3H3. The van der Waals surface area contributed by atoms with Crippen molar-refractivity contribution in [3.05, 3.63) is 41.2 Å². The van der Waals surface area contributed by atoms with Gasteiger partial charge >= 0.3 is 0 Å². The normalized spacial score (nSPS) is 17.5. The Kier molecular flexibility index (Phi) is 6.25. The Bertz CT molecular complexity index is 1110. The molecule has 1 fully saturated rings. The van der Waals surface area contributed by atoms with Gasteiger partial charge in [0.2, 0.25) is 15.9 Å². The summed E-state index contributed by atoms with van der Waals surface area (Å²) < 4.78 is 38.4. The summed E-state index contributed by atoms with van der Waals surface area (Å²) in [5.41, 5.74) is 3.10. The number of anilines is 1. The van der Waals surface area contributed by atoms with E-state index in [1.165, 1.54) is 16.1 Å². The average Bonchev–Trinajstić information content (AvgIpc) is 2.78. The van der Waals surface area contributed by atoms with E-state index in [4.69, 9.17) is 9.47 Å². The number of aryl methyl sites for hydroxylation is 1. The molecule has 0 atom stereocenters. The van der Waals surface area contributed by atoms with Crippen molar-refractivity contribution in [2.75, 3.05) is 44.1 Å². The predicted octanol–water partition coefficient (Wildman–Crippen LogP) is 2.37. The van der Waals surface area contributed by atoms with Crippen LogP contribution in [0.15, 0.2) is 34.2 Å². The van der Waals surface area contributed by atoms with E-state index in [1.54, 1.807) is 36.4 Å². The minimum Gasteiger partial charge on any atom is -0.496 e. The maximum atomic E-state index is 13.1. The number of fused-ring (bicyclic) bond motifs is 1. The molecule has 4 rings (SSSR count). The highest BCUT2D eigenvalue weighted by atomic mass is 32.2. The van der Waals surface area contributed by atoms with Gasteiger partial charge in [-0.15, -0.1) is 11.8 Å². The van der Waals surface area contributed by atoms with Crippen molar-refractivity contribution in [3.63, 3.8) is 0 Å². The Labute approximate surface area is 186 Å². The molecule has 2 aliphatic rings. The molecule has 2 aromatic rings. The van der Waals surface area contributed by atoms with Crippen molar-refractivity contribution in [1.29, 1.82) is 0 Å². The van der Waals surface area contributed by atoms with Gasteiger partial charge in [0.15, 0.2) is 0 Å². The maximum absolute atomic E-state index is 13.1. The molecule has 10 heteroatoms. The molecular formula is C21H25N3O5S2. The number of morpholine rings is 1. The second kappa shape index (κ2) is 8.78. The Morgan fingerprint density at radius 2 is 1.97 bits per heavy atom. The van der Waals surface area contributed by atoms with Gasteiger partial charge in [0.05, 0.1) is 48.9 Å². The van der Waals surface area contributed by atoms with Crippen LogP contribution in [0.5, 0.6) is 5.75 Å². The van der Waals surface area contributed by atoms with E-state index in [2.05, 4.69) is 4.98 Å². The van der Waals surface area contributed by atoms with Crippen LogP contribution in [0.1, 0.15) is 16.8 Å². The minimum absolute atomic E-state index is 0.0841. The van der Waals surface area contributed by atoms with Crippen LogP contribution in [-0.4, -0.2) is 62.8 Å². The SMILES string of the molecule is COc1c(C)cnc(CN2C(=O)CSc3ccc(S(=O)(=O)N4CCOCC4)cc32)c1C. The van der Waals surface area contributed by atoms with Gasteiger partial charge < -0.3 is 14.4 Å². The van der Waals surface area contributed by atoms with Crippen LogP contribution in [0.4, 0.5) is 5.69 Å². The van der Waals surface area contributed by atoms with Gasteiger partial charge in [-0.05, 0) is 32.0 Å². The molecule has 1 aromatic carbocycles. The summed E-state index contributed by atoms with van der Waals surface area (Å²) in [4.78, 5) is 20.0. The van der Waals surface area contributed by atoms with Crippen molar-refractivity contribution in [1.82, 2.24) is 9.29 Å². The van der Waals surface area contributed by atoms with Crippen molar-refractivity contribution < 1.29 is 22.7 Å². The first kappa shape index (κ1) is 22.1.